The van der Waals surface area contributed by atoms with Crippen molar-refractivity contribution in [2.24, 2.45) is 0 Å². The first-order chi connectivity index (χ1) is 7.65. The van der Waals surface area contributed by atoms with Gasteiger partial charge < -0.3 is 4.42 Å². The van der Waals surface area contributed by atoms with Gasteiger partial charge in [0, 0.05) is 5.02 Å². The van der Waals surface area contributed by atoms with Crippen LogP contribution in [-0.2, 0) is 6.42 Å². The lowest BCUT2D eigenvalue weighted by atomic mass is 10.1. The first-order valence-corrected chi connectivity index (χ1v) is 6.39. The molecule has 1 atom stereocenters. The molecule has 0 saturated heterocycles. The summed E-state index contributed by atoms with van der Waals surface area (Å²) in [7, 11) is 0. The van der Waals surface area contributed by atoms with E-state index in [4.69, 9.17) is 27.6 Å². The van der Waals surface area contributed by atoms with Crippen LogP contribution in [0.4, 0.5) is 0 Å². The van der Waals surface area contributed by atoms with Crippen LogP contribution < -0.4 is 0 Å². The van der Waals surface area contributed by atoms with Crippen LogP contribution in [0.3, 0.4) is 0 Å². The first kappa shape index (κ1) is 12.0. The van der Waals surface area contributed by atoms with Gasteiger partial charge in [0.25, 0.3) is 0 Å². The lowest BCUT2D eigenvalue weighted by molar-refractivity contribution is 0.481. The van der Waals surface area contributed by atoms with E-state index in [-0.39, 0.29) is 5.38 Å². The number of alkyl halides is 1. The van der Waals surface area contributed by atoms with Crippen molar-refractivity contribution in [2.75, 3.05) is 0 Å². The number of hydrogen-bond donors (Lipinski definition) is 0. The Balaban J connectivity index is 2.07. The van der Waals surface area contributed by atoms with Crippen LogP contribution in [0, 0.1) is 0 Å². The summed E-state index contributed by atoms with van der Waals surface area (Å²) < 4.78 is 6.10. The maximum atomic E-state index is 6.25. The van der Waals surface area contributed by atoms with E-state index in [2.05, 4.69) is 15.9 Å². The fourth-order valence-corrected chi connectivity index (χ4v) is 2.17. The maximum Gasteiger partial charge on any atom is 0.169 e. The summed E-state index contributed by atoms with van der Waals surface area (Å²) in [6.45, 7) is 0. The second kappa shape index (κ2) is 5.26. The van der Waals surface area contributed by atoms with Gasteiger partial charge >= 0.3 is 0 Å². The van der Waals surface area contributed by atoms with Gasteiger partial charge in [-0.3, -0.25) is 0 Å². The molecule has 1 aromatic carbocycles. The molecule has 0 aliphatic carbocycles. The quantitative estimate of drug-likeness (QED) is 0.707. The van der Waals surface area contributed by atoms with Gasteiger partial charge in [0.15, 0.2) is 4.67 Å². The summed E-state index contributed by atoms with van der Waals surface area (Å²) in [6, 6.07) is 11.4. The van der Waals surface area contributed by atoms with E-state index in [1.165, 1.54) is 0 Å². The largest absolute Gasteiger partial charge is 0.453 e. The first-order valence-electron chi connectivity index (χ1n) is 4.79. The van der Waals surface area contributed by atoms with Crippen molar-refractivity contribution in [3.63, 3.8) is 0 Å². The van der Waals surface area contributed by atoms with Gasteiger partial charge in [-0.2, -0.15) is 0 Å². The minimum Gasteiger partial charge on any atom is -0.453 e. The Hall–Kier alpha value is -0.440. The predicted octanol–water partition coefficient (Wildman–Crippen LogP) is 5.22. The summed E-state index contributed by atoms with van der Waals surface area (Å²) in [5, 5.41) is 0.572. The van der Waals surface area contributed by atoms with Crippen LogP contribution in [0.2, 0.25) is 5.02 Å². The summed E-state index contributed by atoms with van der Waals surface area (Å²) in [6.07, 6.45) is 0.721. The minimum absolute atomic E-state index is 0.160. The molecular formula is C12H9BrCl2O. The maximum absolute atomic E-state index is 6.25. The van der Waals surface area contributed by atoms with Crippen molar-refractivity contribution in [2.45, 2.75) is 11.8 Å². The molecule has 0 radical (unpaired) electrons. The molecule has 2 rings (SSSR count). The highest BCUT2D eigenvalue weighted by Crippen LogP contribution is 2.28. The van der Waals surface area contributed by atoms with Crippen LogP contribution in [-0.4, -0.2) is 0 Å². The molecule has 0 fully saturated rings. The molecule has 16 heavy (non-hydrogen) atoms. The zero-order valence-corrected chi connectivity index (χ0v) is 11.4. The molecule has 2 aromatic rings. The van der Waals surface area contributed by atoms with Crippen molar-refractivity contribution in [1.29, 1.82) is 0 Å². The SMILES string of the molecule is Clc1ccc(CC(Cl)c2ccc(Br)o2)cc1. The van der Waals surface area contributed by atoms with Crippen molar-refractivity contribution >= 4 is 39.1 Å². The fraction of sp³-hybridized carbons (Fsp3) is 0.167. The third-order valence-corrected chi connectivity index (χ3v) is 3.28. The number of furan rings is 1. The van der Waals surface area contributed by atoms with Crippen LogP contribution in [0.15, 0.2) is 45.5 Å². The Labute approximate surface area is 112 Å². The van der Waals surface area contributed by atoms with Crippen LogP contribution in [0.5, 0.6) is 0 Å². The average molecular weight is 320 g/mol. The highest BCUT2D eigenvalue weighted by molar-refractivity contribution is 9.10. The highest BCUT2D eigenvalue weighted by atomic mass is 79.9. The molecule has 0 aliphatic rings. The Morgan fingerprint density at radius 3 is 2.38 bits per heavy atom. The van der Waals surface area contributed by atoms with Gasteiger partial charge in [0.05, 0.1) is 5.38 Å². The van der Waals surface area contributed by atoms with Gasteiger partial charge in [-0.05, 0) is 52.2 Å². The van der Waals surface area contributed by atoms with Gasteiger partial charge in [0.2, 0.25) is 0 Å². The van der Waals surface area contributed by atoms with Gasteiger partial charge in [-0.15, -0.1) is 11.6 Å². The van der Waals surface area contributed by atoms with Crippen LogP contribution >= 0.6 is 39.1 Å². The summed E-state index contributed by atoms with van der Waals surface area (Å²) in [5.74, 6) is 0.767. The lowest BCUT2D eigenvalue weighted by Crippen LogP contribution is -1.93. The van der Waals surface area contributed by atoms with E-state index in [9.17, 15) is 0 Å². The van der Waals surface area contributed by atoms with Crippen molar-refractivity contribution in [3.05, 3.63) is 57.4 Å². The van der Waals surface area contributed by atoms with Crippen molar-refractivity contribution in [3.8, 4) is 0 Å². The zero-order valence-electron chi connectivity index (χ0n) is 8.29. The Kier molecular flexibility index (Phi) is 3.95. The lowest BCUT2D eigenvalue weighted by Gasteiger charge is -2.06. The van der Waals surface area contributed by atoms with E-state index < -0.39 is 0 Å². The molecule has 0 N–H and O–H groups in total. The van der Waals surface area contributed by atoms with Crippen molar-refractivity contribution in [1.82, 2.24) is 0 Å². The van der Waals surface area contributed by atoms with Gasteiger partial charge in [0.1, 0.15) is 5.76 Å². The van der Waals surface area contributed by atoms with Gasteiger partial charge in [-0.1, -0.05) is 23.7 Å². The second-order valence-electron chi connectivity index (χ2n) is 3.44. The summed E-state index contributed by atoms with van der Waals surface area (Å²) >= 11 is 15.3. The van der Waals surface area contributed by atoms with Gasteiger partial charge in [-0.25, -0.2) is 0 Å². The van der Waals surface area contributed by atoms with E-state index in [0.29, 0.717) is 4.67 Å². The standard InChI is InChI=1S/C12H9BrCl2O/c13-12-6-5-11(16-12)10(15)7-8-1-3-9(14)4-2-8/h1-6,10H,7H2. The molecule has 0 spiro atoms. The van der Waals surface area contributed by atoms with E-state index >= 15 is 0 Å². The van der Waals surface area contributed by atoms with Crippen molar-refractivity contribution < 1.29 is 4.42 Å². The molecule has 0 amide bonds. The highest BCUT2D eigenvalue weighted by Gasteiger charge is 2.12. The second-order valence-corrected chi connectivity index (χ2v) is 5.18. The topological polar surface area (TPSA) is 13.1 Å². The third-order valence-electron chi connectivity index (χ3n) is 2.23. The molecule has 1 heterocycles. The Morgan fingerprint density at radius 1 is 1.12 bits per heavy atom. The molecule has 0 aliphatic heterocycles. The third kappa shape index (κ3) is 3.03. The molecule has 0 bridgehead atoms. The minimum atomic E-state index is -0.160. The molecule has 0 saturated carbocycles. The average Bonchev–Trinajstić information content (AvgIpc) is 2.68. The van der Waals surface area contributed by atoms with E-state index in [1.54, 1.807) is 0 Å². The Morgan fingerprint density at radius 2 is 1.81 bits per heavy atom. The van der Waals surface area contributed by atoms with E-state index in [1.807, 2.05) is 36.4 Å². The van der Waals surface area contributed by atoms with Crippen LogP contribution in [0.25, 0.3) is 0 Å². The molecule has 1 nitrogen and oxygen atoms in total. The monoisotopic (exact) mass is 318 g/mol. The molecule has 1 aromatic heterocycles. The smallest absolute Gasteiger partial charge is 0.169 e. The van der Waals surface area contributed by atoms with E-state index in [0.717, 1.165) is 22.8 Å². The molecular weight excluding hydrogens is 311 g/mol. The summed E-state index contributed by atoms with van der Waals surface area (Å²) in [5.41, 5.74) is 1.14. The molecule has 1 unspecified atom stereocenters. The molecule has 84 valence electrons. The molecule has 4 heteroatoms. The fourth-order valence-electron chi connectivity index (χ4n) is 1.42. The predicted molar refractivity (Wildman–Crippen MR) is 70.2 cm³/mol. The zero-order chi connectivity index (χ0) is 11.5. The number of benzene rings is 1. The van der Waals surface area contributed by atoms with Crippen LogP contribution in [0.1, 0.15) is 16.7 Å². The number of halogens is 3. The normalized spacial score (nSPS) is 12.7. The number of rotatable bonds is 3. The summed E-state index contributed by atoms with van der Waals surface area (Å²) in [4.78, 5) is 0. The number of hydrogen-bond acceptors (Lipinski definition) is 1. The Bertz CT molecular complexity index is 464.